The zero-order valence-electron chi connectivity index (χ0n) is 15.5. The van der Waals surface area contributed by atoms with E-state index in [0.717, 1.165) is 25.9 Å². The molecule has 0 bridgehead atoms. The Hall–Kier alpha value is -3.06. The van der Waals surface area contributed by atoms with E-state index >= 15 is 0 Å². The van der Waals surface area contributed by atoms with Crippen LogP contribution >= 0.6 is 0 Å². The summed E-state index contributed by atoms with van der Waals surface area (Å²) in [4.78, 5) is 28.3. The van der Waals surface area contributed by atoms with Crippen LogP contribution in [0.15, 0.2) is 48.5 Å². The third kappa shape index (κ3) is 3.66. The van der Waals surface area contributed by atoms with Crippen molar-refractivity contribution in [3.05, 3.63) is 54.1 Å². The van der Waals surface area contributed by atoms with Crippen molar-refractivity contribution < 1.29 is 19.5 Å². The first kappa shape index (κ1) is 18.3. The molecule has 7 nitrogen and oxygen atoms in total. The molecule has 2 aliphatic heterocycles. The lowest BCUT2D eigenvalue weighted by Crippen LogP contribution is -2.44. The molecule has 0 unspecified atom stereocenters. The first-order chi connectivity index (χ1) is 13.7. The van der Waals surface area contributed by atoms with Gasteiger partial charge in [-0.3, -0.25) is 14.8 Å². The number of ether oxygens (including phenoxy) is 1. The highest BCUT2D eigenvalue weighted by atomic mass is 16.5. The highest BCUT2D eigenvalue weighted by molar-refractivity contribution is 6.01. The summed E-state index contributed by atoms with van der Waals surface area (Å²) in [5.41, 5.74) is 3.72. The Kier molecular flexibility index (Phi) is 5.16. The number of carbonyl (C=O) groups excluding carboxylic acids is 2. The number of fused-ring (bicyclic) bond motifs is 1. The van der Waals surface area contributed by atoms with Crippen LogP contribution in [-0.4, -0.2) is 43.3 Å². The van der Waals surface area contributed by atoms with Crippen LogP contribution in [0.3, 0.4) is 0 Å². The van der Waals surface area contributed by atoms with Crippen LogP contribution in [0.1, 0.15) is 23.2 Å². The summed E-state index contributed by atoms with van der Waals surface area (Å²) in [5.74, 6) is 0.234. The van der Waals surface area contributed by atoms with E-state index in [1.54, 1.807) is 28.6 Å². The molecule has 7 heteroatoms. The number of amides is 2. The van der Waals surface area contributed by atoms with E-state index in [0.29, 0.717) is 23.9 Å². The minimum Gasteiger partial charge on any atom is -0.482 e. The molecule has 0 aliphatic carbocycles. The Balaban J connectivity index is 1.47. The Bertz CT molecular complexity index is 863. The lowest BCUT2D eigenvalue weighted by Gasteiger charge is -2.37. The third-order valence-corrected chi connectivity index (χ3v) is 5.44. The number of rotatable bonds is 4. The summed E-state index contributed by atoms with van der Waals surface area (Å²) < 4.78 is 5.50. The van der Waals surface area contributed by atoms with Crippen molar-refractivity contribution in [3.63, 3.8) is 0 Å². The van der Waals surface area contributed by atoms with Crippen LogP contribution < -0.4 is 20.0 Å². The lowest BCUT2D eigenvalue weighted by atomic mass is 9.95. The van der Waals surface area contributed by atoms with E-state index < -0.39 is 5.91 Å². The van der Waals surface area contributed by atoms with Gasteiger partial charge in [0.25, 0.3) is 11.8 Å². The van der Waals surface area contributed by atoms with Gasteiger partial charge in [0.15, 0.2) is 6.61 Å². The maximum Gasteiger partial charge on any atom is 0.274 e. The number of nitrogens with zero attached hydrogens (tertiary/aromatic N) is 2. The SMILES string of the molecule is O=C(NO)c1ccc2c(c1)N(CC1CCN(c3ccccc3)CC1)C(=O)CO2. The van der Waals surface area contributed by atoms with Crippen LogP contribution in [0.2, 0.25) is 0 Å². The Labute approximate surface area is 163 Å². The maximum absolute atomic E-state index is 12.5. The van der Waals surface area contributed by atoms with Gasteiger partial charge in [-0.15, -0.1) is 0 Å². The molecule has 0 spiro atoms. The smallest absolute Gasteiger partial charge is 0.274 e. The number of piperidine rings is 1. The molecular formula is C21H23N3O4. The minimum absolute atomic E-state index is 0.00139. The van der Waals surface area contributed by atoms with Crippen molar-refractivity contribution >= 4 is 23.2 Å². The predicted octanol–water partition coefficient (Wildman–Crippen LogP) is 2.45. The molecule has 1 fully saturated rings. The second kappa shape index (κ2) is 7.90. The summed E-state index contributed by atoms with van der Waals surface area (Å²) in [6, 6.07) is 15.2. The number of hydroxylamine groups is 1. The average molecular weight is 381 g/mol. The Morgan fingerprint density at radius 1 is 1.14 bits per heavy atom. The number of nitrogens with one attached hydrogen (secondary N) is 1. The molecule has 2 amide bonds. The molecule has 2 aromatic carbocycles. The van der Waals surface area contributed by atoms with Crippen LogP contribution in [0.25, 0.3) is 0 Å². The van der Waals surface area contributed by atoms with E-state index in [2.05, 4.69) is 17.0 Å². The van der Waals surface area contributed by atoms with Crippen molar-refractivity contribution in [1.82, 2.24) is 5.48 Å². The molecule has 0 aromatic heterocycles. The molecular weight excluding hydrogens is 358 g/mol. The van der Waals surface area contributed by atoms with Gasteiger partial charge in [0.2, 0.25) is 0 Å². The zero-order chi connectivity index (χ0) is 19.5. The van der Waals surface area contributed by atoms with E-state index in [4.69, 9.17) is 9.94 Å². The summed E-state index contributed by atoms with van der Waals surface area (Å²) in [7, 11) is 0. The summed E-state index contributed by atoms with van der Waals surface area (Å²) in [6.45, 7) is 2.50. The van der Waals surface area contributed by atoms with Gasteiger partial charge >= 0.3 is 0 Å². The van der Waals surface area contributed by atoms with Gasteiger partial charge in [-0.1, -0.05) is 18.2 Å². The topological polar surface area (TPSA) is 82.1 Å². The second-order valence-corrected chi connectivity index (χ2v) is 7.18. The van der Waals surface area contributed by atoms with Gasteiger partial charge in [-0.05, 0) is 49.1 Å². The minimum atomic E-state index is -0.614. The van der Waals surface area contributed by atoms with Gasteiger partial charge < -0.3 is 14.5 Å². The van der Waals surface area contributed by atoms with Crippen LogP contribution in [-0.2, 0) is 4.79 Å². The van der Waals surface area contributed by atoms with Gasteiger partial charge in [-0.25, -0.2) is 5.48 Å². The molecule has 28 heavy (non-hydrogen) atoms. The van der Waals surface area contributed by atoms with Crippen molar-refractivity contribution in [1.29, 1.82) is 0 Å². The molecule has 1 saturated heterocycles. The van der Waals surface area contributed by atoms with Crippen molar-refractivity contribution in [2.45, 2.75) is 12.8 Å². The molecule has 2 aliphatic rings. The first-order valence-electron chi connectivity index (χ1n) is 9.47. The molecule has 4 rings (SSSR count). The fourth-order valence-corrected chi connectivity index (χ4v) is 3.88. The number of hydrogen-bond acceptors (Lipinski definition) is 5. The standard InChI is InChI=1S/C21H23N3O4/c25-20-14-28-19-7-6-16(21(26)22-27)12-18(19)24(20)13-15-8-10-23(11-9-15)17-4-2-1-3-5-17/h1-7,12,15,27H,8-11,13-14H2,(H,22,26). The van der Waals surface area contributed by atoms with Crippen molar-refractivity contribution in [2.24, 2.45) is 5.92 Å². The van der Waals surface area contributed by atoms with Crippen LogP contribution in [0, 0.1) is 5.92 Å². The maximum atomic E-state index is 12.5. The number of anilines is 2. The van der Waals surface area contributed by atoms with E-state index in [1.165, 1.54) is 5.69 Å². The van der Waals surface area contributed by atoms with Gasteiger partial charge in [0.1, 0.15) is 5.75 Å². The monoisotopic (exact) mass is 381 g/mol. The highest BCUT2D eigenvalue weighted by Gasteiger charge is 2.30. The normalized spacial score (nSPS) is 17.1. The number of benzene rings is 2. The van der Waals surface area contributed by atoms with Gasteiger partial charge in [0, 0.05) is 30.9 Å². The van der Waals surface area contributed by atoms with Crippen molar-refractivity contribution in [2.75, 3.05) is 36.0 Å². The lowest BCUT2D eigenvalue weighted by molar-refractivity contribution is -0.121. The predicted molar refractivity (Wildman–Crippen MR) is 105 cm³/mol. The fourth-order valence-electron chi connectivity index (χ4n) is 3.88. The first-order valence-corrected chi connectivity index (χ1v) is 9.47. The number of para-hydroxylation sites is 1. The van der Waals surface area contributed by atoms with E-state index in [-0.39, 0.29) is 18.1 Å². The quantitative estimate of drug-likeness (QED) is 0.628. The van der Waals surface area contributed by atoms with Crippen LogP contribution in [0.4, 0.5) is 11.4 Å². The molecule has 146 valence electrons. The largest absolute Gasteiger partial charge is 0.482 e. The molecule has 0 radical (unpaired) electrons. The summed E-state index contributed by atoms with van der Waals surface area (Å²) >= 11 is 0. The van der Waals surface area contributed by atoms with E-state index in [9.17, 15) is 9.59 Å². The average Bonchev–Trinajstić information content (AvgIpc) is 2.76. The third-order valence-electron chi connectivity index (χ3n) is 5.44. The summed E-state index contributed by atoms with van der Waals surface area (Å²) in [5, 5.41) is 8.87. The Morgan fingerprint density at radius 2 is 1.89 bits per heavy atom. The zero-order valence-corrected chi connectivity index (χ0v) is 15.5. The highest BCUT2D eigenvalue weighted by Crippen LogP contribution is 2.35. The number of hydrogen-bond donors (Lipinski definition) is 2. The van der Waals surface area contributed by atoms with Crippen molar-refractivity contribution in [3.8, 4) is 5.75 Å². The summed E-state index contributed by atoms with van der Waals surface area (Å²) in [6.07, 6.45) is 1.98. The molecule has 2 aromatic rings. The van der Waals surface area contributed by atoms with E-state index in [1.807, 2.05) is 18.2 Å². The van der Waals surface area contributed by atoms with Gasteiger partial charge in [0.05, 0.1) is 5.69 Å². The molecule has 0 saturated carbocycles. The molecule has 0 atom stereocenters. The molecule has 2 heterocycles. The number of carbonyl (C=O) groups is 2. The fraction of sp³-hybridized carbons (Fsp3) is 0.333. The van der Waals surface area contributed by atoms with Gasteiger partial charge in [-0.2, -0.15) is 0 Å². The Morgan fingerprint density at radius 3 is 2.61 bits per heavy atom. The second-order valence-electron chi connectivity index (χ2n) is 7.18. The molecule has 2 N–H and O–H groups in total. The van der Waals surface area contributed by atoms with Crippen LogP contribution in [0.5, 0.6) is 5.75 Å².